The number of hydrogen-bond acceptors (Lipinski definition) is 2. The van der Waals surface area contributed by atoms with Crippen LogP contribution in [0.1, 0.15) is 26.3 Å². The fourth-order valence-electron chi connectivity index (χ4n) is 4.44. The number of fused-ring (bicyclic) bond motifs is 6. The summed E-state index contributed by atoms with van der Waals surface area (Å²) in [5.41, 5.74) is 6.06. The molecule has 6 rings (SSSR count). The number of thiophene rings is 1. The summed E-state index contributed by atoms with van der Waals surface area (Å²) in [6, 6.07) is 26.5. The summed E-state index contributed by atoms with van der Waals surface area (Å²) in [6.45, 7) is 6.79. The highest BCUT2D eigenvalue weighted by Gasteiger charge is 2.18. The van der Waals surface area contributed by atoms with E-state index in [2.05, 4.69) is 92.1 Å². The van der Waals surface area contributed by atoms with Gasteiger partial charge in [0.05, 0.1) is 16.6 Å². The molecule has 0 saturated carbocycles. The molecule has 3 heterocycles. The SMILES string of the molecule is CC(C)(C)c1cccc(-n2c3cc4sc5ccccc5c4cc3c3ncccc32)c1. The fourth-order valence-corrected chi connectivity index (χ4v) is 5.56. The molecular formula is C27H22N2S. The van der Waals surface area contributed by atoms with Crippen molar-refractivity contribution in [3.05, 3.63) is 84.6 Å². The van der Waals surface area contributed by atoms with Gasteiger partial charge in [-0.1, -0.05) is 51.1 Å². The highest BCUT2D eigenvalue weighted by Crippen LogP contribution is 2.40. The fraction of sp³-hybridized carbons (Fsp3) is 0.148. The Morgan fingerprint density at radius 2 is 1.60 bits per heavy atom. The Labute approximate surface area is 179 Å². The third-order valence-electron chi connectivity index (χ3n) is 5.99. The quantitative estimate of drug-likeness (QED) is 0.272. The van der Waals surface area contributed by atoms with Gasteiger partial charge >= 0.3 is 0 Å². The van der Waals surface area contributed by atoms with Gasteiger partial charge in [-0.05, 0) is 53.4 Å². The molecule has 0 aliphatic carbocycles. The second-order valence-electron chi connectivity index (χ2n) is 8.97. The van der Waals surface area contributed by atoms with Crippen LogP contribution in [0.2, 0.25) is 0 Å². The smallest absolute Gasteiger partial charge is 0.0963 e. The van der Waals surface area contributed by atoms with E-state index in [4.69, 9.17) is 4.98 Å². The van der Waals surface area contributed by atoms with Crippen molar-refractivity contribution in [1.29, 1.82) is 0 Å². The van der Waals surface area contributed by atoms with E-state index in [0.29, 0.717) is 0 Å². The van der Waals surface area contributed by atoms with E-state index in [0.717, 1.165) is 11.0 Å². The van der Waals surface area contributed by atoms with Crippen LogP contribution in [-0.2, 0) is 5.41 Å². The summed E-state index contributed by atoms with van der Waals surface area (Å²) < 4.78 is 5.02. The summed E-state index contributed by atoms with van der Waals surface area (Å²) in [4.78, 5) is 4.78. The maximum atomic E-state index is 4.78. The molecule has 0 amide bonds. The second-order valence-corrected chi connectivity index (χ2v) is 10.1. The first-order chi connectivity index (χ1) is 14.5. The van der Waals surface area contributed by atoms with E-state index in [1.165, 1.54) is 42.3 Å². The maximum absolute atomic E-state index is 4.78. The van der Waals surface area contributed by atoms with Gasteiger partial charge in [0.15, 0.2) is 0 Å². The summed E-state index contributed by atoms with van der Waals surface area (Å²) in [5, 5.41) is 3.85. The summed E-state index contributed by atoms with van der Waals surface area (Å²) in [5.74, 6) is 0. The lowest BCUT2D eigenvalue weighted by Gasteiger charge is -2.20. The number of nitrogens with zero attached hydrogens (tertiary/aromatic N) is 2. The van der Waals surface area contributed by atoms with Crippen LogP contribution in [0.4, 0.5) is 0 Å². The monoisotopic (exact) mass is 406 g/mol. The molecule has 0 aliphatic heterocycles. The number of rotatable bonds is 1. The largest absolute Gasteiger partial charge is 0.308 e. The molecule has 3 heteroatoms. The predicted octanol–water partition coefficient (Wildman–Crippen LogP) is 7.84. The molecule has 146 valence electrons. The van der Waals surface area contributed by atoms with Gasteiger partial charge in [0.25, 0.3) is 0 Å². The van der Waals surface area contributed by atoms with Crippen molar-refractivity contribution in [3.8, 4) is 5.69 Å². The molecule has 0 saturated heterocycles. The Morgan fingerprint density at radius 1 is 0.733 bits per heavy atom. The number of hydrogen-bond donors (Lipinski definition) is 0. The van der Waals surface area contributed by atoms with Crippen LogP contribution in [0.5, 0.6) is 0 Å². The highest BCUT2D eigenvalue weighted by atomic mass is 32.1. The molecule has 0 unspecified atom stereocenters. The lowest BCUT2D eigenvalue weighted by Crippen LogP contribution is -2.11. The molecule has 0 aliphatic rings. The number of pyridine rings is 1. The predicted molar refractivity (Wildman–Crippen MR) is 130 cm³/mol. The molecule has 0 bridgehead atoms. The zero-order valence-electron chi connectivity index (χ0n) is 17.3. The molecule has 3 aromatic carbocycles. The van der Waals surface area contributed by atoms with Gasteiger partial charge < -0.3 is 4.57 Å². The minimum atomic E-state index is 0.103. The third-order valence-corrected chi connectivity index (χ3v) is 7.12. The Balaban J connectivity index is 1.75. The van der Waals surface area contributed by atoms with E-state index in [1.807, 2.05) is 23.6 Å². The zero-order chi connectivity index (χ0) is 20.5. The maximum Gasteiger partial charge on any atom is 0.0963 e. The average molecular weight is 407 g/mol. The van der Waals surface area contributed by atoms with E-state index < -0.39 is 0 Å². The van der Waals surface area contributed by atoms with Gasteiger partial charge in [-0.25, -0.2) is 0 Å². The molecule has 6 aromatic rings. The van der Waals surface area contributed by atoms with E-state index in [9.17, 15) is 0 Å². The van der Waals surface area contributed by atoms with Crippen molar-refractivity contribution < 1.29 is 0 Å². The van der Waals surface area contributed by atoms with Crippen molar-refractivity contribution in [3.63, 3.8) is 0 Å². The Kier molecular flexibility index (Phi) is 3.63. The van der Waals surface area contributed by atoms with Crippen LogP contribution in [0.3, 0.4) is 0 Å². The zero-order valence-corrected chi connectivity index (χ0v) is 18.1. The third kappa shape index (κ3) is 2.52. The lowest BCUT2D eigenvalue weighted by atomic mass is 9.87. The van der Waals surface area contributed by atoms with E-state index in [-0.39, 0.29) is 5.41 Å². The molecule has 30 heavy (non-hydrogen) atoms. The normalized spacial score (nSPS) is 12.5. The van der Waals surface area contributed by atoms with Gasteiger partial charge in [-0.15, -0.1) is 11.3 Å². The molecule has 0 fully saturated rings. The van der Waals surface area contributed by atoms with Gasteiger partial charge in [0.2, 0.25) is 0 Å². The van der Waals surface area contributed by atoms with Gasteiger partial charge in [0.1, 0.15) is 0 Å². The van der Waals surface area contributed by atoms with Crippen molar-refractivity contribution in [1.82, 2.24) is 9.55 Å². The van der Waals surface area contributed by atoms with Crippen molar-refractivity contribution in [2.75, 3.05) is 0 Å². The Morgan fingerprint density at radius 3 is 2.47 bits per heavy atom. The van der Waals surface area contributed by atoms with Crippen LogP contribution in [-0.4, -0.2) is 9.55 Å². The molecule has 0 N–H and O–H groups in total. The van der Waals surface area contributed by atoms with Crippen LogP contribution in [0.25, 0.3) is 47.8 Å². The first-order valence-electron chi connectivity index (χ1n) is 10.3. The molecule has 0 spiro atoms. The minimum absolute atomic E-state index is 0.103. The number of aromatic nitrogens is 2. The van der Waals surface area contributed by atoms with Gasteiger partial charge in [0, 0.05) is 37.4 Å². The van der Waals surface area contributed by atoms with Crippen molar-refractivity contribution in [2.24, 2.45) is 0 Å². The molecule has 2 nitrogen and oxygen atoms in total. The summed E-state index contributed by atoms with van der Waals surface area (Å²) in [6.07, 6.45) is 1.90. The van der Waals surface area contributed by atoms with Crippen molar-refractivity contribution in [2.45, 2.75) is 26.2 Å². The topological polar surface area (TPSA) is 17.8 Å². The molecular weight excluding hydrogens is 384 g/mol. The van der Waals surface area contributed by atoms with Crippen LogP contribution in [0, 0.1) is 0 Å². The summed E-state index contributed by atoms with van der Waals surface area (Å²) in [7, 11) is 0. The van der Waals surface area contributed by atoms with Crippen molar-refractivity contribution >= 4 is 53.4 Å². The average Bonchev–Trinajstić information content (AvgIpc) is 3.26. The van der Waals surface area contributed by atoms with Crippen LogP contribution >= 0.6 is 11.3 Å². The van der Waals surface area contributed by atoms with E-state index >= 15 is 0 Å². The van der Waals surface area contributed by atoms with Gasteiger partial charge in [-0.2, -0.15) is 0 Å². The lowest BCUT2D eigenvalue weighted by molar-refractivity contribution is 0.590. The van der Waals surface area contributed by atoms with Gasteiger partial charge in [-0.3, -0.25) is 4.98 Å². The minimum Gasteiger partial charge on any atom is -0.308 e. The van der Waals surface area contributed by atoms with E-state index in [1.54, 1.807) is 0 Å². The first-order valence-corrected chi connectivity index (χ1v) is 11.1. The highest BCUT2D eigenvalue weighted by molar-refractivity contribution is 7.25. The standard InChI is InChI=1S/C27H22N2S/c1-27(2,3)17-8-6-9-18(14-17)29-22-11-7-13-28-26(22)21-15-20-19-10-4-5-12-24(19)30-25(20)16-23(21)29/h4-16H,1-3H3. The Bertz CT molecular complexity index is 1580. The number of benzene rings is 3. The van der Waals surface area contributed by atoms with Crippen LogP contribution < -0.4 is 0 Å². The molecule has 3 aromatic heterocycles. The Hall–Kier alpha value is -3.17. The molecule has 0 atom stereocenters. The second kappa shape index (κ2) is 6.16. The molecule has 0 radical (unpaired) electrons. The first kappa shape index (κ1) is 17.7. The van der Waals surface area contributed by atoms with Crippen LogP contribution in [0.15, 0.2) is 79.0 Å². The summed E-state index contributed by atoms with van der Waals surface area (Å²) >= 11 is 1.86.